The van der Waals surface area contributed by atoms with Crippen molar-refractivity contribution in [3.63, 3.8) is 0 Å². The Labute approximate surface area is 368 Å². The molecule has 297 valence electrons. The summed E-state index contributed by atoms with van der Waals surface area (Å²) in [5.74, 6) is 1.53. The standard InChI is InChI=1S/C35H19N2OS.C18H24NSi.Ir/c1-2-10-22-20-30-28(19-21(22)9-1)36-35(27-15-7-14-26-24-12-4-6-18-32(24)39-34(26)27)37(30)29-16-8-13-25-23-11-3-5-17-31(23)38-33(25)29;1-14(2)11-16-12-17(15-9-7-6-8-10-15)19-13-18(16)20(3,4)5;/h1-14,16-20H;6-9,12-14H,11H2,1-5H3;/q2*-1;. The van der Waals surface area contributed by atoms with Crippen LogP contribution in [0.2, 0.25) is 19.6 Å². The molecule has 0 saturated carbocycles. The van der Waals surface area contributed by atoms with Crippen molar-refractivity contribution >= 4 is 88.5 Å². The summed E-state index contributed by atoms with van der Waals surface area (Å²) in [5, 5.41) is 8.55. The molecule has 0 N–H and O–H groups in total. The zero-order valence-corrected chi connectivity index (χ0v) is 38.4. The summed E-state index contributed by atoms with van der Waals surface area (Å²) < 4.78 is 11.2. The Morgan fingerprint density at radius 3 is 2.23 bits per heavy atom. The van der Waals surface area contributed by atoms with Gasteiger partial charge in [0, 0.05) is 41.8 Å². The number of aromatic nitrogens is 3. The zero-order valence-electron chi connectivity index (χ0n) is 34.2. The normalized spacial score (nSPS) is 11.8. The molecule has 4 nitrogen and oxygen atoms in total. The molecule has 0 aliphatic heterocycles. The van der Waals surface area contributed by atoms with Crippen LogP contribution in [0, 0.1) is 18.1 Å². The van der Waals surface area contributed by atoms with Gasteiger partial charge in [0.05, 0.1) is 30.6 Å². The first-order valence-corrected chi connectivity index (χ1v) is 24.6. The predicted molar refractivity (Wildman–Crippen MR) is 253 cm³/mol. The average molecular weight is 990 g/mol. The number of hydrogen-bond acceptors (Lipinski definition) is 4. The van der Waals surface area contributed by atoms with Crippen molar-refractivity contribution in [2.75, 3.05) is 0 Å². The molecule has 11 rings (SSSR count). The van der Waals surface area contributed by atoms with E-state index in [0.29, 0.717) is 5.92 Å². The molecule has 0 amide bonds. The molecule has 0 atom stereocenters. The Morgan fingerprint density at radius 2 is 1.45 bits per heavy atom. The summed E-state index contributed by atoms with van der Waals surface area (Å²) in [5.41, 5.74) is 9.31. The number of benzene rings is 7. The number of furan rings is 1. The van der Waals surface area contributed by atoms with Crippen LogP contribution < -0.4 is 5.19 Å². The number of nitrogens with zero attached hydrogens (tertiary/aromatic N) is 3. The Morgan fingerprint density at radius 1 is 0.717 bits per heavy atom. The van der Waals surface area contributed by atoms with Gasteiger partial charge in [-0.05, 0) is 74.4 Å². The SMILES string of the molecule is CC(C)Cc1cc(-c2[c-]cccc2)ncc1[Si](C)(C)C.[Ir].[c-]1ccc2c(sc3ccccc32)c1-c1nc2cc3ccccc3cc2n1-c1cccc2c1oc1ccccc12. The number of hydrogen-bond donors (Lipinski definition) is 0. The molecule has 0 fully saturated rings. The topological polar surface area (TPSA) is 43.9 Å². The second-order valence-corrected chi connectivity index (χ2v) is 22.8. The van der Waals surface area contributed by atoms with E-state index < -0.39 is 8.07 Å². The largest absolute Gasteiger partial charge is 0.454 e. The number of thiophene rings is 1. The summed E-state index contributed by atoms with van der Waals surface area (Å²) in [4.78, 5) is 9.97. The smallest absolute Gasteiger partial charge is 0.158 e. The van der Waals surface area contributed by atoms with Gasteiger partial charge in [-0.25, -0.2) is 0 Å². The fourth-order valence-corrected chi connectivity index (χ4v) is 11.2. The summed E-state index contributed by atoms with van der Waals surface area (Å²) >= 11 is 1.80. The van der Waals surface area contributed by atoms with E-state index in [0.717, 1.165) is 67.7 Å². The van der Waals surface area contributed by atoms with Gasteiger partial charge in [0.1, 0.15) is 5.58 Å². The fraction of sp³-hybridized carbons (Fsp3) is 0.132. The third-order valence-corrected chi connectivity index (χ3v) is 14.4. The number of rotatable bonds is 6. The molecule has 11 aromatic rings. The van der Waals surface area contributed by atoms with Gasteiger partial charge in [-0.3, -0.25) is 4.98 Å². The molecule has 0 aliphatic carbocycles. The van der Waals surface area contributed by atoms with Crippen LogP contribution in [0.15, 0.2) is 156 Å². The molecule has 0 unspecified atom stereocenters. The minimum Gasteiger partial charge on any atom is -0.454 e. The molecule has 0 bridgehead atoms. The Hall–Kier alpha value is -5.69. The molecule has 4 heterocycles. The van der Waals surface area contributed by atoms with Crippen LogP contribution in [-0.4, -0.2) is 22.6 Å². The maximum absolute atomic E-state index is 6.51. The first-order valence-electron chi connectivity index (χ1n) is 20.3. The second-order valence-electron chi connectivity index (χ2n) is 16.8. The van der Waals surface area contributed by atoms with Crippen molar-refractivity contribution in [3.8, 4) is 28.3 Å². The molecule has 7 heteroatoms. The molecule has 60 heavy (non-hydrogen) atoms. The molecule has 0 aliphatic rings. The zero-order chi connectivity index (χ0) is 40.3. The summed E-state index contributed by atoms with van der Waals surface area (Å²) in [7, 11) is -1.34. The number of para-hydroxylation sites is 2. The van der Waals surface area contributed by atoms with E-state index in [2.05, 4.69) is 171 Å². The van der Waals surface area contributed by atoms with Crippen LogP contribution in [0.4, 0.5) is 0 Å². The van der Waals surface area contributed by atoms with Crippen molar-refractivity contribution in [1.29, 1.82) is 0 Å². The third-order valence-electron chi connectivity index (χ3n) is 11.1. The minimum absolute atomic E-state index is 0. The van der Waals surface area contributed by atoms with E-state index in [1.165, 1.54) is 41.7 Å². The fourth-order valence-electron chi connectivity index (χ4n) is 8.42. The molecule has 0 saturated heterocycles. The van der Waals surface area contributed by atoms with Gasteiger partial charge in [0.25, 0.3) is 0 Å². The molecule has 0 spiro atoms. The summed E-state index contributed by atoms with van der Waals surface area (Å²) in [6.45, 7) is 11.7. The number of imidazole rings is 1. The van der Waals surface area contributed by atoms with Crippen molar-refractivity contribution in [3.05, 3.63) is 169 Å². The first-order chi connectivity index (χ1) is 28.7. The van der Waals surface area contributed by atoms with Crippen LogP contribution in [-0.2, 0) is 26.5 Å². The van der Waals surface area contributed by atoms with E-state index in [1.54, 1.807) is 11.3 Å². The predicted octanol–water partition coefficient (Wildman–Crippen LogP) is 14.2. The quantitative estimate of drug-likeness (QED) is 0.123. The Bertz CT molecular complexity index is 3340. The van der Waals surface area contributed by atoms with Crippen molar-refractivity contribution in [2.24, 2.45) is 5.92 Å². The average Bonchev–Trinajstić information content (AvgIpc) is 3.94. The van der Waals surface area contributed by atoms with Gasteiger partial charge in [-0.1, -0.05) is 129 Å². The van der Waals surface area contributed by atoms with Crippen molar-refractivity contribution in [1.82, 2.24) is 14.5 Å². The van der Waals surface area contributed by atoms with Gasteiger partial charge in [0.2, 0.25) is 0 Å². The maximum Gasteiger partial charge on any atom is 0.158 e. The third kappa shape index (κ3) is 7.20. The van der Waals surface area contributed by atoms with E-state index in [-0.39, 0.29) is 20.1 Å². The monoisotopic (exact) mass is 990 g/mol. The van der Waals surface area contributed by atoms with Crippen LogP contribution in [0.5, 0.6) is 0 Å². The first kappa shape index (κ1) is 39.8. The van der Waals surface area contributed by atoms with Crippen LogP contribution in [0.25, 0.3) is 92.2 Å². The molecular weight excluding hydrogens is 947 g/mol. The minimum atomic E-state index is -1.34. The molecular formula is C53H43IrN3OSSi-2. The van der Waals surface area contributed by atoms with E-state index >= 15 is 0 Å². The van der Waals surface area contributed by atoms with Crippen LogP contribution >= 0.6 is 11.3 Å². The molecule has 4 aromatic heterocycles. The second kappa shape index (κ2) is 16.1. The number of pyridine rings is 1. The molecule has 7 aromatic carbocycles. The van der Waals surface area contributed by atoms with Gasteiger partial charge in [0.15, 0.2) is 5.58 Å². The number of fused-ring (bicyclic) bond motifs is 8. The van der Waals surface area contributed by atoms with Crippen molar-refractivity contribution in [2.45, 2.75) is 39.9 Å². The summed E-state index contributed by atoms with van der Waals surface area (Å²) in [6.07, 6.45) is 3.24. The molecule has 1 radical (unpaired) electrons. The maximum atomic E-state index is 6.51. The summed E-state index contributed by atoms with van der Waals surface area (Å²) in [6, 6.07) is 57.5. The van der Waals surface area contributed by atoms with Gasteiger partial charge in [-0.15, -0.1) is 54.1 Å². The Kier molecular flexibility index (Phi) is 10.6. The van der Waals surface area contributed by atoms with Gasteiger partial charge in [-0.2, -0.15) is 11.3 Å². The van der Waals surface area contributed by atoms with Gasteiger partial charge < -0.3 is 14.0 Å². The van der Waals surface area contributed by atoms with Crippen LogP contribution in [0.3, 0.4) is 0 Å². The van der Waals surface area contributed by atoms with Crippen molar-refractivity contribution < 1.29 is 24.5 Å². The van der Waals surface area contributed by atoms with E-state index in [1.807, 2.05) is 36.4 Å². The van der Waals surface area contributed by atoms with E-state index in [4.69, 9.17) is 9.40 Å². The van der Waals surface area contributed by atoms with Gasteiger partial charge >= 0.3 is 0 Å². The van der Waals surface area contributed by atoms with Crippen LogP contribution in [0.1, 0.15) is 19.4 Å². The van der Waals surface area contributed by atoms with E-state index in [9.17, 15) is 0 Å². The Balaban J connectivity index is 0.000000188.